The van der Waals surface area contributed by atoms with E-state index in [2.05, 4.69) is 48.5 Å². The number of ether oxygens (including phenoxy) is 1. The second-order valence-corrected chi connectivity index (χ2v) is 7.31. The molecular formula is C24H24N2O3. The molecule has 29 heavy (non-hydrogen) atoms. The fourth-order valence-electron chi connectivity index (χ4n) is 3.91. The number of pyridine rings is 1. The predicted molar refractivity (Wildman–Crippen MR) is 110 cm³/mol. The van der Waals surface area contributed by atoms with Gasteiger partial charge in [-0.05, 0) is 23.6 Å². The monoisotopic (exact) mass is 388 g/mol. The molecule has 4 rings (SSSR count). The standard InChI is InChI=1S/C24H24N2O3/c27-24(21-12-7-13-26(28)17-21)25-14-15-29-22(18-25)16-23(19-8-3-1-4-9-19)20-10-5-2-6-11-20/h1-13,17,22-23H,14-16,18H2. The first-order valence-corrected chi connectivity index (χ1v) is 9.90. The lowest BCUT2D eigenvalue weighted by molar-refractivity contribution is -0.605. The molecule has 1 amide bonds. The third kappa shape index (κ3) is 4.63. The number of rotatable bonds is 5. The van der Waals surface area contributed by atoms with Crippen LogP contribution in [0.25, 0.3) is 0 Å². The summed E-state index contributed by atoms with van der Waals surface area (Å²) in [6.07, 6.45) is 3.42. The lowest BCUT2D eigenvalue weighted by Crippen LogP contribution is -2.46. The number of nitrogens with zero attached hydrogens (tertiary/aromatic N) is 2. The molecule has 1 saturated heterocycles. The zero-order valence-corrected chi connectivity index (χ0v) is 16.2. The normalized spacial score (nSPS) is 16.7. The van der Waals surface area contributed by atoms with Crippen molar-refractivity contribution in [2.75, 3.05) is 19.7 Å². The zero-order chi connectivity index (χ0) is 20.1. The van der Waals surface area contributed by atoms with E-state index in [0.29, 0.717) is 30.0 Å². The minimum atomic E-state index is -0.125. The minimum absolute atomic E-state index is 0.0683. The smallest absolute Gasteiger partial charge is 0.260 e. The van der Waals surface area contributed by atoms with E-state index in [1.165, 1.54) is 23.5 Å². The number of aromatic nitrogens is 1. The first-order valence-electron chi connectivity index (χ1n) is 9.90. The molecule has 1 aliphatic rings. The van der Waals surface area contributed by atoms with Crippen LogP contribution in [0.4, 0.5) is 0 Å². The molecule has 0 radical (unpaired) electrons. The van der Waals surface area contributed by atoms with Crippen LogP contribution in [0.3, 0.4) is 0 Å². The van der Waals surface area contributed by atoms with Crippen molar-refractivity contribution in [1.82, 2.24) is 4.90 Å². The Kier molecular flexibility index (Phi) is 5.86. The predicted octanol–water partition coefficient (Wildman–Crippen LogP) is 3.38. The molecule has 5 heteroatoms. The summed E-state index contributed by atoms with van der Waals surface area (Å²) in [4.78, 5) is 14.6. The lowest BCUT2D eigenvalue weighted by atomic mass is 9.86. The van der Waals surface area contributed by atoms with Crippen molar-refractivity contribution in [2.24, 2.45) is 0 Å². The first kappa shape index (κ1) is 19.2. The molecule has 1 fully saturated rings. The van der Waals surface area contributed by atoms with E-state index in [9.17, 15) is 10.0 Å². The Morgan fingerprint density at radius 1 is 1.03 bits per heavy atom. The third-order valence-corrected chi connectivity index (χ3v) is 5.35. The van der Waals surface area contributed by atoms with E-state index in [0.717, 1.165) is 6.42 Å². The fourth-order valence-corrected chi connectivity index (χ4v) is 3.91. The molecule has 0 aliphatic carbocycles. The summed E-state index contributed by atoms with van der Waals surface area (Å²) in [6.45, 7) is 1.55. The Bertz CT molecular complexity index is 907. The van der Waals surface area contributed by atoms with Gasteiger partial charge < -0.3 is 14.8 Å². The average molecular weight is 388 g/mol. The summed E-state index contributed by atoms with van der Waals surface area (Å²) in [6, 6.07) is 24.1. The maximum Gasteiger partial charge on any atom is 0.260 e. The quantitative estimate of drug-likeness (QED) is 0.497. The second kappa shape index (κ2) is 8.88. The van der Waals surface area contributed by atoms with Gasteiger partial charge >= 0.3 is 0 Å². The molecule has 2 aromatic carbocycles. The SMILES string of the molecule is O=C(c1ccc[n+]([O-])c1)N1CCOC(CC(c2ccccc2)c2ccccc2)C1. The van der Waals surface area contributed by atoms with Gasteiger partial charge in [0.25, 0.3) is 5.91 Å². The van der Waals surface area contributed by atoms with Gasteiger partial charge in [-0.2, -0.15) is 4.73 Å². The third-order valence-electron chi connectivity index (χ3n) is 5.35. The summed E-state index contributed by atoms with van der Waals surface area (Å²) in [5.74, 6) is 0.0671. The maximum atomic E-state index is 12.8. The Balaban J connectivity index is 1.51. The van der Waals surface area contributed by atoms with E-state index < -0.39 is 0 Å². The summed E-state index contributed by atoms with van der Waals surface area (Å²) < 4.78 is 6.69. The highest BCUT2D eigenvalue weighted by Gasteiger charge is 2.29. The number of hydrogen-bond acceptors (Lipinski definition) is 3. The van der Waals surface area contributed by atoms with Crippen LogP contribution in [0.5, 0.6) is 0 Å². The highest BCUT2D eigenvalue weighted by molar-refractivity contribution is 5.93. The molecule has 0 N–H and O–H groups in total. The van der Waals surface area contributed by atoms with Crippen LogP contribution in [0.15, 0.2) is 85.2 Å². The van der Waals surface area contributed by atoms with E-state index in [-0.39, 0.29) is 17.9 Å². The Morgan fingerprint density at radius 2 is 1.69 bits per heavy atom. The molecule has 1 aliphatic heterocycles. The molecule has 3 aromatic rings. The van der Waals surface area contributed by atoms with Gasteiger partial charge in [-0.25, -0.2) is 0 Å². The fraction of sp³-hybridized carbons (Fsp3) is 0.250. The minimum Gasteiger partial charge on any atom is -0.619 e. The van der Waals surface area contributed by atoms with Crippen LogP contribution in [0, 0.1) is 5.21 Å². The van der Waals surface area contributed by atoms with Crippen LogP contribution < -0.4 is 4.73 Å². The Labute approximate surface area is 170 Å². The summed E-state index contributed by atoms with van der Waals surface area (Å²) >= 11 is 0. The van der Waals surface area contributed by atoms with Crippen LogP contribution in [-0.4, -0.2) is 36.6 Å². The van der Waals surface area contributed by atoms with Crippen molar-refractivity contribution >= 4 is 5.91 Å². The highest BCUT2D eigenvalue weighted by atomic mass is 16.5. The van der Waals surface area contributed by atoms with E-state index in [4.69, 9.17) is 4.74 Å². The number of morpholine rings is 1. The van der Waals surface area contributed by atoms with E-state index in [1.807, 2.05) is 12.1 Å². The number of hydrogen-bond donors (Lipinski definition) is 0. The van der Waals surface area contributed by atoms with Crippen molar-refractivity contribution in [2.45, 2.75) is 18.4 Å². The molecule has 0 spiro atoms. The number of carbonyl (C=O) groups excluding carboxylic acids is 1. The maximum absolute atomic E-state index is 12.8. The molecule has 1 aromatic heterocycles. The van der Waals surface area contributed by atoms with E-state index >= 15 is 0 Å². The molecule has 0 saturated carbocycles. The van der Waals surface area contributed by atoms with Crippen LogP contribution in [0.2, 0.25) is 0 Å². The molecule has 148 valence electrons. The summed E-state index contributed by atoms with van der Waals surface area (Å²) in [5, 5.41) is 11.5. The average Bonchev–Trinajstić information content (AvgIpc) is 2.78. The first-order chi connectivity index (χ1) is 14.2. The Hall–Kier alpha value is -3.18. The highest BCUT2D eigenvalue weighted by Crippen LogP contribution is 2.31. The van der Waals surface area contributed by atoms with Crippen molar-refractivity contribution < 1.29 is 14.3 Å². The van der Waals surface area contributed by atoms with Crippen molar-refractivity contribution in [1.29, 1.82) is 0 Å². The van der Waals surface area contributed by atoms with Gasteiger partial charge in [0.2, 0.25) is 0 Å². The summed E-state index contributed by atoms with van der Waals surface area (Å²) in [5.41, 5.74) is 2.88. The summed E-state index contributed by atoms with van der Waals surface area (Å²) in [7, 11) is 0. The van der Waals surface area contributed by atoms with Crippen molar-refractivity contribution in [3.05, 3.63) is 107 Å². The molecule has 1 unspecified atom stereocenters. The van der Waals surface area contributed by atoms with Gasteiger partial charge in [-0.15, -0.1) is 0 Å². The number of benzene rings is 2. The van der Waals surface area contributed by atoms with Crippen molar-refractivity contribution in [3.8, 4) is 0 Å². The van der Waals surface area contributed by atoms with Crippen molar-refractivity contribution in [3.63, 3.8) is 0 Å². The van der Waals surface area contributed by atoms with Crippen LogP contribution in [0.1, 0.15) is 33.8 Å². The van der Waals surface area contributed by atoms with E-state index in [1.54, 1.807) is 17.0 Å². The Morgan fingerprint density at radius 3 is 2.31 bits per heavy atom. The van der Waals surface area contributed by atoms with Gasteiger partial charge in [0.15, 0.2) is 12.4 Å². The van der Waals surface area contributed by atoms with Crippen LogP contribution in [-0.2, 0) is 4.74 Å². The van der Waals surface area contributed by atoms with Gasteiger partial charge in [-0.3, -0.25) is 4.79 Å². The van der Waals surface area contributed by atoms with Gasteiger partial charge in [-0.1, -0.05) is 60.7 Å². The lowest BCUT2D eigenvalue weighted by Gasteiger charge is -2.34. The molecular weight excluding hydrogens is 364 g/mol. The number of carbonyl (C=O) groups is 1. The molecule has 5 nitrogen and oxygen atoms in total. The second-order valence-electron chi connectivity index (χ2n) is 7.31. The molecule has 2 heterocycles. The zero-order valence-electron chi connectivity index (χ0n) is 16.2. The van der Waals surface area contributed by atoms with Gasteiger partial charge in [0, 0.05) is 25.1 Å². The number of amides is 1. The largest absolute Gasteiger partial charge is 0.619 e. The van der Waals surface area contributed by atoms with Gasteiger partial charge in [0.1, 0.15) is 5.56 Å². The molecule has 0 bridgehead atoms. The van der Waals surface area contributed by atoms with Crippen LogP contribution >= 0.6 is 0 Å². The van der Waals surface area contributed by atoms with Gasteiger partial charge in [0.05, 0.1) is 12.7 Å². The topological polar surface area (TPSA) is 56.5 Å². The molecule has 1 atom stereocenters.